The third-order valence-corrected chi connectivity index (χ3v) is 5.37. The molecule has 1 aliphatic heterocycles. The van der Waals surface area contributed by atoms with Gasteiger partial charge in [0, 0.05) is 5.92 Å². The first-order chi connectivity index (χ1) is 8.64. The predicted molar refractivity (Wildman–Crippen MR) is 70.1 cm³/mol. The first-order valence-corrected chi connectivity index (χ1v) is 8.49. The molecule has 0 aromatic rings. The van der Waals surface area contributed by atoms with E-state index < -0.39 is 10.1 Å². The van der Waals surface area contributed by atoms with E-state index >= 15 is 0 Å². The maximum absolute atomic E-state index is 11.8. The Hall–Kier alpha value is -0.770. The fourth-order valence-corrected chi connectivity index (χ4v) is 4.51. The minimum absolute atomic E-state index is 0.324. The fraction of sp³-hybridized carbons (Fsp3) is 0.714. The van der Waals surface area contributed by atoms with Crippen LogP contribution < -0.4 is 0 Å². The molecule has 0 aromatic carbocycles. The Morgan fingerprint density at radius 2 is 1.50 bits per heavy atom. The lowest BCUT2D eigenvalue weighted by molar-refractivity contribution is 0.346. The van der Waals surface area contributed by atoms with Gasteiger partial charge in [0.25, 0.3) is 0 Å². The van der Waals surface area contributed by atoms with Gasteiger partial charge >= 0.3 is 10.1 Å². The molecule has 4 heteroatoms. The van der Waals surface area contributed by atoms with Crippen molar-refractivity contribution in [1.82, 2.24) is 0 Å². The van der Waals surface area contributed by atoms with Crippen molar-refractivity contribution in [2.75, 3.05) is 0 Å². The Labute approximate surface area is 109 Å². The minimum Gasteiger partial charge on any atom is -0.384 e. The van der Waals surface area contributed by atoms with Gasteiger partial charge in [-0.3, -0.25) is 0 Å². The molecule has 0 bridgehead atoms. The maximum Gasteiger partial charge on any atom is 0.332 e. The largest absolute Gasteiger partial charge is 0.384 e. The van der Waals surface area contributed by atoms with Crippen molar-refractivity contribution in [2.24, 2.45) is 11.8 Å². The molecule has 100 valence electrons. The lowest BCUT2D eigenvalue weighted by Crippen LogP contribution is -2.15. The summed E-state index contributed by atoms with van der Waals surface area (Å²) in [6, 6.07) is 0. The Bertz CT molecular complexity index is 475. The SMILES string of the molecule is O=S1(=O)C=C(C2CCCC2)C=C(C2CCCC2)O1. The molecule has 0 unspecified atom stereocenters. The minimum atomic E-state index is -3.49. The predicted octanol–water partition coefficient (Wildman–Crippen LogP) is 3.49. The van der Waals surface area contributed by atoms with Crippen molar-refractivity contribution in [3.63, 3.8) is 0 Å². The highest BCUT2D eigenvalue weighted by Crippen LogP contribution is 2.39. The molecule has 0 radical (unpaired) electrons. The smallest absolute Gasteiger partial charge is 0.332 e. The van der Waals surface area contributed by atoms with Gasteiger partial charge in [-0.2, -0.15) is 8.42 Å². The standard InChI is InChI=1S/C14H20O3S/c15-18(16)10-13(11-5-1-2-6-11)9-14(17-18)12-7-3-4-8-12/h9-12H,1-8H2. The van der Waals surface area contributed by atoms with Crippen LogP contribution >= 0.6 is 0 Å². The third kappa shape index (κ3) is 2.48. The van der Waals surface area contributed by atoms with Crippen LogP contribution in [0.25, 0.3) is 0 Å². The van der Waals surface area contributed by atoms with Crippen LogP contribution in [-0.2, 0) is 14.3 Å². The van der Waals surface area contributed by atoms with Gasteiger partial charge in [-0.05, 0) is 43.3 Å². The lowest BCUT2D eigenvalue weighted by Gasteiger charge is -2.22. The van der Waals surface area contributed by atoms with Crippen molar-refractivity contribution in [2.45, 2.75) is 51.4 Å². The number of allylic oxidation sites excluding steroid dienone is 3. The average Bonchev–Trinajstić information content (AvgIpc) is 3.01. The second-order valence-corrected chi connectivity index (χ2v) is 7.09. The van der Waals surface area contributed by atoms with E-state index in [1.807, 2.05) is 6.08 Å². The third-order valence-electron chi connectivity index (χ3n) is 4.39. The summed E-state index contributed by atoms with van der Waals surface area (Å²) in [5.41, 5.74) is 0.987. The Morgan fingerprint density at radius 1 is 0.944 bits per heavy atom. The maximum atomic E-state index is 11.8. The lowest BCUT2D eigenvalue weighted by atomic mass is 9.95. The number of hydrogen-bond donors (Lipinski definition) is 0. The quantitative estimate of drug-likeness (QED) is 0.720. The van der Waals surface area contributed by atoms with E-state index in [0.29, 0.717) is 17.6 Å². The van der Waals surface area contributed by atoms with Gasteiger partial charge < -0.3 is 4.18 Å². The Kier molecular flexibility index (Phi) is 3.22. The molecule has 0 spiro atoms. The van der Waals surface area contributed by atoms with Gasteiger partial charge in [0.05, 0.1) is 5.41 Å². The highest BCUT2D eigenvalue weighted by atomic mass is 32.2. The molecule has 3 aliphatic rings. The van der Waals surface area contributed by atoms with Crippen LogP contribution in [0.15, 0.2) is 22.8 Å². The van der Waals surface area contributed by atoms with E-state index in [2.05, 4.69) is 0 Å². The molecule has 0 amide bonds. The monoisotopic (exact) mass is 268 g/mol. The van der Waals surface area contributed by atoms with Crippen LogP contribution in [0.2, 0.25) is 0 Å². The molecule has 1 heterocycles. The summed E-state index contributed by atoms with van der Waals surface area (Å²) < 4.78 is 28.9. The summed E-state index contributed by atoms with van der Waals surface area (Å²) in [4.78, 5) is 0. The summed E-state index contributed by atoms with van der Waals surface area (Å²) >= 11 is 0. The highest BCUT2D eigenvalue weighted by molar-refractivity contribution is 7.89. The molecule has 2 aliphatic carbocycles. The number of rotatable bonds is 2. The highest BCUT2D eigenvalue weighted by Gasteiger charge is 2.30. The molecule has 3 nitrogen and oxygen atoms in total. The molecule has 18 heavy (non-hydrogen) atoms. The van der Waals surface area contributed by atoms with E-state index in [1.54, 1.807) is 0 Å². The summed E-state index contributed by atoms with van der Waals surface area (Å²) in [7, 11) is -3.49. The first-order valence-electron chi connectivity index (χ1n) is 7.02. The van der Waals surface area contributed by atoms with Crippen LogP contribution in [0.1, 0.15) is 51.4 Å². The van der Waals surface area contributed by atoms with Gasteiger partial charge in [-0.25, -0.2) is 0 Å². The molecule has 3 rings (SSSR count). The van der Waals surface area contributed by atoms with Gasteiger partial charge in [0.2, 0.25) is 0 Å². The van der Waals surface area contributed by atoms with Crippen LogP contribution in [0.3, 0.4) is 0 Å². The second kappa shape index (κ2) is 4.72. The molecule has 2 saturated carbocycles. The van der Waals surface area contributed by atoms with E-state index in [0.717, 1.165) is 31.3 Å². The zero-order chi connectivity index (χ0) is 12.6. The van der Waals surface area contributed by atoms with Crippen molar-refractivity contribution in [1.29, 1.82) is 0 Å². The van der Waals surface area contributed by atoms with Gasteiger partial charge in [-0.1, -0.05) is 25.7 Å². The summed E-state index contributed by atoms with van der Waals surface area (Å²) in [6.07, 6.45) is 11.2. The van der Waals surface area contributed by atoms with Crippen molar-refractivity contribution >= 4 is 10.1 Å². The van der Waals surface area contributed by atoms with Gasteiger partial charge in [-0.15, -0.1) is 0 Å². The number of hydrogen-bond acceptors (Lipinski definition) is 3. The molecule has 0 atom stereocenters. The second-order valence-electron chi connectivity index (χ2n) is 5.70. The van der Waals surface area contributed by atoms with Crippen LogP contribution in [0.5, 0.6) is 0 Å². The molecule has 0 N–H and O–H groups in total. The van der Waals surface area contributed by atoms with Crippen LogP contribution in [0, 0.1) is 11.8 Å². The molecular formula is C14H20O3S. The first kappa shape index (κ1) is 12.3. The van der Waals surface area contributed by atoms with Gasteiger partial charge in [0.15, 0.2) is 0 Å². The summed E-state index contributed by atoms with van der Waals surface area (Å²) in [6.45, 7) is 0. The normalized spacial score (nSPS) is 28.9. The van der Waals surface area contributed by atoms with E-state index in [9.17, 15) is 8.42 Å². The van der Waals surface area contributed by atoms with Crippen molar-refractivity contribution in [3.8, 4) is 0 Å². The molecule has 0 saturated heterocycles. The summed E-state index contributed by atoms with van der Waals surface area (Å²) in [5, 5.41) is 1.35. The molecular weight excluding hydrogens is 248 g/mol. The Balaban J connectivity index is 1.88. The zero-order valence-electron chi connectivity index (χ0n) is 10.6. The molecule has 2 fully saturated rings. The van der Waals surface area contributed by atoms with Crippen LogP contribution in [0.4, 0.5) is 0 Å². The summed E-state index contributed by atoms with van der Waals surface area (Å²) in [5.74, 6) is 1.46. The van der Waals surface area contributed by atoms with E-state index in [1.165, 1.54) is 31.1 Å². The van der Waals surface area contributed by atoms with E-state index in [-0.39, 0.29) is 0 Å². The van der Waals surface area contributed by atoms with Gasteiger partial charge in [0.1, 0.15) is 5.76 Å². The topological polar surface area (TPSA) is 43.4 Å². The van der Waals surface area contributed by atoms with Crippen molar-refractivity contribution < 1.29 is 12.6 Å². The van der Waals surface area contributed by atoms with Crippen LogP contribution in [-0.4, -0.2) is 8.42 Å². The zero-order valence-corrected chi connectivity index (χ0v) is 11.4. The average molecular weight is 268 g/mol. The van der Waals surface area contributed by atoms with Crippen molar-refractivity contribution in [3.05, 3.63) is 22.8 Å². The fourth-order valence-electron chi connectivity index (χ4n) is 3.42. The Morgan fingerprint density at radius 3 is 2.11 bits per heavy atom. The molecule has 0 aromatic heterocycles. The van der Waals surface area contributed by atoms with E-state index in [4.69, 9.17) is 4.18 Å².